The first-order chi connectivity index (χ1) is 16.7. The minimum Gasteiger partial charge on any atom is -0.453 e. The van der Waals surface area contributed by atoms with Crippen LogP contribution in [-0.4, -0.2) is 79.4 Å². The van der Waals surface area contributed by atoms with Crippen molar-refractivity contribution in [3.8, 4) is 0 Å². The first kappa shape index (κ1) is 29.8. The fourth-order valence-electron chi connectivity index (χ4n) is 2.92. The number of thiazole rings is 1. The SMILES string of the molecule is CCCNC(=O)CNC(=O)CCCCNC(=O)C(CC(=O)NCc1nc(C)cs1)N(C)C(=O)OC. The highest BCUT2D eigenvalue weighted by Gasteiger charge is 2.29. The third-order valence-electron chi connectivity index (χ3n) is 4.86. The number of likely N-dealkylation sites (N-methyl/N-ethyl adjacent to an activating group) is 1. The molecule has 1 aromatic rings. The normalized spacial score (nSPS) is 11.2. The van der Waals surface area contributed by atoms with Gasteiger partial charge in [0.2, 0.25) is 23.6 Å². The van der Waals surface area contributed by atoms with E-state index in [2.05, 4.69) is 31.0 Å². The molecule has 0 saturated carbocycles. The van der Waals surface area contributed by atoms with Crippen molar-refractivity contribution in [2.24, 2.45) is 0 Å². The van der Waals surface area contributed by atoms with Crippen LogP contribution in [0.3, 0.4) is 0 Å². The van der Waals surface area contributed by atoms with Crippen LogP contribution in [0.4, 0.5) is 4.79 Å². The molecule has 0 aliphatic carbocycles. The number of nitrogens with zero attached hydrogens (tertiary/aromatic N) is 2. The highest BCUT2D eigenvalue weighted by Crippen LogP contribution is 2.09. The topological polar surface area (TPSA) is 159 Å². The zero-order valence-corrected chi connectivity index (χ0v) is 21.6. The zero-order chi connectivity index (χ0) is 26.2. The molecule has 0 aromatic carbocycles. The molecule has 1 heterocycles. The Kier molecular flexibility index (Phi) is 14.0. The Labute approximate surface area is 209 Å². The van der Waals surface area contributed by atoms with Crippen LogP contribution in [0.25, 0.3) is 0 Å². The van der Waals surface area contributed by atoms with E-state index in [9.17, 15) is 24.0 Å². The molecule has 4 N–H and O–H groups in total. The van der Waals surface area contributed by atoms with Gasteiger partial charge in [0.25, 0.3) is 0 Å². The van der Waals surface area contributed by atoms with Gasteiger partial charge in [-0.05, 0) is 26.2 Å². The van der Waals surface area contributed by atoms with Gasteiger partial charge in [-0.3, -0.25) is 24.1 Å². The molecule has 1 atom stereocenters. The van der Waals surface area contributed by atoms with Crippen molar-refractivity contribution in [3.05, 3.63) is 16.1 Å². The van der Waals surface area contributed by atoms with Crippen LogP contribution < -0.4 is 21.3 Å². The predicted molar refractivity (Wildman–Crippen MR) is 130 cm³/mol. The quantitative estimate of drug-likeness (QED) is 0.248. The first-order valence-corrected chi connectivity index (χ1v) is 12.3. The Hall–Kier alpha value is -3.22. The molecule has 1 rings (SSSR count). The minimum absolute atomic E-state index is 0.0681. The number of hydrogen-bond acceptors (Lipinski definition) is 8. The molecule has 0 aliphatic heterocycles. The summed E-state index contributed by atoms with van der Waals surface area (Å²) in [6.07, 6.45) is 1.04. The van der Waals surface area contributed by atoms with Gasteiger partial charge in [-0.2, -0.15) is 0 Å². The molecule has 5 amide bonds. The lowest BCUT2D eigenvalue weighted by Crippen LogP contribution is -2.50. The van der Waals surface area contributed by atoms with Crippen molar-refractivity contribution in [1.82, 2.24) is 31.2 Å². The fourth-order valence-corrected chi connectivity index (χ4v) is 3.63. The number of ether oxygens (including phenoxy) is 1. The molecule has 0 radical (unpaired) electrons. The Bertz CT molecular complexity index is 861. The van der Waals surface area contributed by atoms with Gasteiger partial charge in [0.05, 0.1) is 26.6 Å². The number of unbranched alkanes of at least 4 members (excludes halogenated alkanes) is 1. The first-order valence-electron chi connectivity index (χ1n) is 11.5. The molecule has 0 fully saturated rings. The third kappa shape index (κ3) is 12.2. The van der Waals surface area contributed by atoms with Gasteiger partial charge in [-0.25, -0.2) is 9.78 Å². The lowest BCUT2D eigenvalue weighted by molar-refractivity contribution is -0.130. The summed E-state index contributed by atoms with van der Waals surface area (Å²) < 4.78 is 4.68. The summed E-state index contributed by atoms with van der Waals surface area (Å²) in [5, 5.41) is 13.2. The molecule has 12 nitrogen and oxygen atoms in total. The Balaban J connectivity index is 2.44. The number of aromatic nitrogens is 1. The molecular formula is C22H36N6O6S. The van der Waals surface area contributed by atoms with E-state index in [0.29, 0.717) is 19.4 Å². The van der Waals surface area contributed by atoms with Crippen molar-refractivity contribution in [2.45, 2.75) is 58.5 Å². The van der Waals surface area contributed by atoms with Gasteiger partial charge in [-0.15, -0.1) is 11.3 Å². The highest BCUT2D eigenvalue weighted by molar-refractivity contribution is 7.09. The van der Waals surface area contributed by atoms with Gasteiger partial charge in [0.15, 0.2) is 0 Å². The summed E-state index contributed by atoms with van der Waals surface area (Å²) in [5.74, 6) is -1.40. The molecular weight excluding hydrogens is 476 g/mol. The fraction of sp³-hybridized carbons (Fsp3) is 0.636. The highest BCUT2D eigenvalue weighted by atomic mass is 32.1. The van der Waals surface area contributed by atoms with E-state index in [1.807, 2.05) is 19.2 Å². The second kappa shape index (κ2) is 16.4. The second-order valence-electron chi connectivity index (χ2n) is 7.84. The van der Waals surface area contributed by atoms with Gasteiger partial charge in [0, 0.05) is 37.6 Å². The summed E-state index contributed by atoms with van der Waals surface area (Å²) >= 11 is 1.42. The van der Waals surface area contributed by atoms with Crippen molar-refractivity contribution >= 4 is 41.1 Å². The van der Waals surface area contributed by atoms with Gasteiger partial charge < -0.3 is 26.0 Å². The molecule has 196 valence electrons. The molecule has 0 bridgehead atoms. The Morgan fingerprint density at radius 2 is 1.77 bits per heavy atom. The molecule has 0 spiro atoms. The smallest absolute Gasteiger partial charge is 0.409 e. The number of hydrogen-bond donors (Lipinski definition) is 4. The average molecular weight is 513 g/mol. The summed E-state index contributed by atoms with van der Waals surface area (Å²) in [6, 6.07) is -1.06. The van der Waals surface area contributed by atoms with E-state index in [1.165, 1.54) is 25.5 Å². The number of amides is 5. The minimum atomic E-state index is -1.06. The van der Waals surface area contributed by atoms with Crippen LogP contribution in [0.15, 0.2) is 5.38 Å². The average Bonchev–Trinajstić information content (AvgIpc) is 3.27. The molecule has 1 unspecified atom stereocenters. The van der Waals surface area contributed by atoms with Gasteiger partial charge >= 0.3 is 6.09 Å². The zero-order valence-electron chi connectivity index (χ0n) is 20.8. The largest absolute Gasteiger partial charge is 0.453 e. The Morgan fingerprint density at radius 3 is 2.40 bits per heavy atom. The van der Waals surface area contributed by atoms with Crippen LogP contribution in [0.1, 0.15) is 49.7 Å². The maximum atomic E-state index is 12.7. The maximum Gasteiger partial charge on any atom is 0.409 e. The monoisotopic (exact) mass is 512 g/mol. The van der Waals surface area contributed by atoms with Crippen molar-refractivity contribution in [1.29, 1.82) is 0 Å². The number of aryl methyl sites for hydroxylation is 1. The van der Waals surface area contributed by atoms with Crippen molar-refractivity contribution in [2.75, 3.05) is 33.8 Å². The number of carbonyl (C=O) groups is 5. The number of nitrogens with one attached hydrogen (secondary N) is 4. The van der Waals surface area contributed by atoms with Gasteiger partial charge in [0.1, 0.15) is 11.0 Å². The summed E-state index contributed by atoms with van der Waals surface area (Å²) in [4.78, 5) is 65.7. The Morgan fingerprint density at radius 1 is 1.03 bits per heavy atom. The van der Waals surface area contributed by atoms with Crippen LogP contribution in [-0.2, 0) is 30.5 Å². The molecule has 0 saturated heterocycles. The summed E-state index contributed by atoms with van der Waals surface area (Å²) in [7, 11) is 2.58. The molecule has 0 aliphatic rings. The molecule has 35 heavy (non-hydrogen) atoms. The van der Waals surface area contributed by atoms with E-state index >= 15 is 0 Å². The van der Waals surface area contributed by atoms with E-state index < -0.39 is 23.9 Å². The third-order valence-corrected chi connectivity index (χ3v) is 5.83. The lowest BCUT2D eigenvalue weighted by Gasteiger charge is -2.25. The summed E-state index contributed by atoms with van der Waals surface area (Å²) in [5.41, 5.74) is 0.858. The van der Waals surface area contributed by atoms with Gasteiger partial charge in [-0.1, -0.05) is 6.92 Å². The lowest BCUT2D eigenvalue weighted by atomic mass is 10.1. The van der Waals surface area contributed by atoms with E-state index in [-0.39, 0.29) is 44.3 Å². The van der Waals surface area contributed by atoms with Crippen LogP contribution in [0.2, 0.25) is 0 Å². The van der Waals surface area contributed by atoms with E-state index in [0.717, 1.165) is 22.0 Å². The van der Waals surface area contributed by atoms with Crippen LogP contribution in [0, 0.1) is 6.92 Å². The van der Waals surface area contributed by atoms with Crippen molar-refractivity contribution in [3.63, 3.8) is 0 Å². The number of methoxy groups -OCH3 is 1. The standard InChI is InChI=1S/C22H36N6O6S/c1-5-9-23-19(31)12-25-17(29)8-6-7-10-24-21(32)16(28(3)22(33)34-4)11-18(30)26-13-20-27-15(2)14-35-20/h14,16H,5-13H2,1-4H3,(H,23,31)(H,24,32)(H,25,29)(H,26,30). The molecule has 13 heteroatoms. The van der Waals surface area contributed by atoms with Crippen LogP contribution >= 0.6 is 11.3 Å². The maximum absolute atomic E-state index is 12.7. The predicted octanol–water partition coefficient (Wildman–Crippen LogP) is 0.454. The summed E-state index contributed by atoms with van der Waals surface area (Å²) in [6.45, 7) is 4.78. The second-order valence-corrected chi connectivity index (χ2v) is 8.78. The van der Waals surface area contributed by atoms with Crippen molar-refractivity contribution < 1.29 is 28.7 Å². The molecule has 1 aromatic heterocycles. The number of carbonyl (C=O) groups excluding carboxylic acids is 5. The van der Waals surface area contributed by atoms with E-state index in [1.54, 1.807) is 0 Å². The number of rotatable bonds is 15. The van der Waals surface area contributed by atoms with E-state index in [4.69, 9.17) is 0 Å². The van der Waals surface area contributed by atoms with Crippen LogP contribution in [0.5, 0.6) is 0 Å².